The molecule has 0 N–H and O–H groups in total. The number of para-hydroxylation sites is 2. The van der Waals surface area contributed by atoms with E-state index in [0.29, 0.717) is 11.1 Å². The highest BCUT2D eigenvalue weighted by molar-refractivity contribution is 5.93. The average molecular weight is 709 g/mol. The lowest BCUT2D eigenvalue weighted by Gasteiger charge is -2.29. The third-order valence-electron chi connectivity index (χ3n) is 11.8. The highest BCUT2D eigenvalue weighted by atomic mass is 15.1. The number of fused-ring (bicyclic) bond motifs is 6. The topological polar surface area (TPSA) is 54.1 Å². The second-order valence-corrected chi connectivity index (χ2v) is 15.8. The number of hydrogen-bond donors (Lipinski definition) is 0. The summed E-state index contributed by atoms with van der Waals surface area (Å²) in [5, 5.41) is 19.0. The zero-order chi connectivity index (χ0) is 38.1. The zero-order valence-electron chi connectivity index (χ0n) is 31.7. The van der Waals surface area contributed by atoms with E-state index < -0.39 is 0 Å². The van der Waals surface area contributed by atoms with Gasteiger partial charge < -0.3 is 9.80 Å². The van der Waals surface area contributed by atoms with Gasteiger partial charge >= 0.3 is 0 Å². The maximum absolute atomic E-state index is 9.50. The number of nitrogens with zero attached hydrogens (tertiary/aromatic N) is 4. The Kier molecular flexibility index (Phi) is 7.78. The Labute approximate surface area is 323 Å². The van der Waals surface area contributed by atoms with Gasteiger partial charge in [-0.15, -0.1) is 0 Å². The first-order chi connectivity index (χ1) is 26.6. The van der Waals surface area contributed by atoms with Crippen LogP contribution in [0.1, 0.15) is 66.6 Å². The minimum absolute atomic E-state index is 0.233. The van der Waals surface area contributed by atoms with Crippen molar-refractivity contribution in [3.05, 3.63) is 191 Å². The molecule has 264 valence electrons. The summed E-state index contributed by atoms with van der Waals surface area (Å²) in [7, 11) is 0. The third-order valence-corrected chi connectivity index (χ3v) is 11.8. The average Bonchev–Trinajstić information content (AvgIpc) is 3.57. The largest absolute Gasteiger partial charge is 0.310 e. The van der Waals surface area contributed by atoms with E-state index in [-0.39, 0.29) is 10.8 Å². The number of nitriles is 2. The Balaban J connectivity index is 1.15. The maximum atomic E-state index is 9.50. The second-order valence-electron chi connectivity index (χ2n) is 15.8. The summed E-state index contributed by atoms with van der Waals surface area (Å²) in [5.41, 5.74) is 19.0. The zero-order valence-corrected chi connectivity index (χ0v) is 31.7. The summed E-state index contributed by atoms with van der Waals surface area (Å²) in [6, 6.07) is 57.7. The van der Waals surface area contributed by atoms with Crippen molar-refractivity contribution < 1.29 is 0 Å². The van der Waals surface area contributed by atoms with Crippen molar-refractivity contribution in [2.24, 2.45) is 0 Å². The van der Waals surface area contributed by atoms with E-state index >= 15 is 0 Å². The van der Waals surface area contributed by atoms with E-state index in [0.717, 1.165) is 34.1 Å². The molecular weight excluding hydrogens is 669 g/mol. The SMILES string of the molecule is Cc1cc(N(c2ccccc2)c2ccc(C#N)cc2)cc2c1-c1cc3c(cc1C2(C)C)-c1ccc(N(c2ccccc2)c2ccc(C#N)cc2)cc1C3(C)C. The fourth-order valence-corrected chi connectivity index (χ4v) is 8.94. The molecule has 2 aliphatic rings. The highest BCUT2D eigenvalue weighted by Gasteiger charge is 2.43. The van der Waals surface area contributed by atoms with Crippen molar-refractivity contribution in [3.8, 4) is 34.4 Å². The van der Waals surface area contributed by atoms with Crippen LogP contribution in [0.4, 0.5) is 34.1 Å². The molecule has 0 spiro atoms. The quantitative estimate of drug-likeness (QED) is 0.173. The van der Waals surface area contributed by atoms with Crippen LogP contribution in [0.2, 0.25) is 0 Å². The first kappa shape index (κ1) is 33.9. The Hall–Kier alpha value is -6.88. The Morgan fingerprint density at radius 3 is 1.36 bits per heavy atom. The number of hydrogen-bond acceptors (Lipinski definition) is 4. The van der Waals surface area contributed by atoms with Crippen LogP contribution >= 0.6 is 0 Å². The molecule has 4 nitrogen and oxygen atoms in total. The summed E-state index contributed by atoms with van der Waals surface area (Å²) in [5.74, 6) is 0. The molecule has 0 saturated heterocycles. The molecule has 0 heterocycles. The molecule has 0 aromatic heterocycles. The van der Waals surface area contributed by atoms with Crippen molar-refractivity contribution >= 4 is 34.1 Å². The van der Waals surface area contributed by atoms with Crippen LogP contribution < -0.4 is 9.80 Å². The molecule has 0 fully saturated rings. The summed E-state index contributed by atoms with van der Waals surface area (Å²) >= 11 is 0. The van der Waals surface area contributed by atoms with Crippen LogP contribution in [0.15, 0.2) is 152 Å². The summed E-state index contributed by atoms with van der Waals surface area (Å²) in [6.45, 7) is 11.7. The lowest BCUT2D eigenvalue weighted by Crippen LogP contribution is -2.18. The van der Waals surface area contributed by atoms with Gasteiger partial charge in [-0.3, -0.25) is 0 Å². The van der Waals surface area contributed by atoms with Crippen molar-refractivity contribution in [1.82, 2.24) is 0 Å². The second kappa shape index (κ2) is 12.6. The van der Waals surface area contributed by atoms with Crippen molar-refractivity contribution in [1.29, 1.82) is 10.5 Å². The molecule has 0 bridgehead atoms. The van der Waals surface area contributed by atoms with Crippen LogP contribution in [0, 0.1) is 29.6 Å². The Morgan fingerprint density at radius 1 is 0.400 bits per heavy atom. The van der Waals surface area contributed by atoms with Crippen LogP contribution in [-0.2, 0) is 10.8 Å². The molecule has 4 heteroatoms. The Bertz CT molecular complexity index is 2710. The molecule has 2 aliphatic carbocycles. The van der Waals surface area contributed by atoms with Crippen LogP contribution in [0.5, 0.6) is 0 Å². The minimum Gasteiger partial charge on any atom is -0.310 e. The molecule has 0 radical (unpaired) electrons. The molecule has 0 unspecified atom stereocenters. The highest BCUT2D eigenvalue weighted by Crippen LogP contribution is 2.58. The lowest BCUT2D eigenvalue weighted by atomic mass is 9.79. The van der Waals surface area contributed by atoms with Gasteiger partial charge in [0.1, 0.15) is 0 Å². The standard InChI is InChI=1S/C51H40N4/c1-33-26-41(55(37-14-10-7-11-15-37)39-22-18-35(32-53)19-23-39)28-48-49(33)44-30-46-43(29-47(44)51(48,4)5)42-25-24-40(27-45(42)50(46,2)3)54(36-12-8-6-9-13-36)38-20-16-34(31-52)17-21-38/h6-30H,1-5H3. The van der Waals surface area contributed by atoms with Gasteiger partial charge in [0.05, 0.1) is 23.3 Å². The molecule has 7 aromatic rings. The van der Waals surface area contributed by atoms with Crippen LogP contribution in [0.25, 0.3) is 22.3 Å². The first-order valence-corrected chi connectivity index (χ1v) is 18.8. The number of benzene rings is 7. The Morgan fingerprint density at radius 2 is 0.818 bits per heavy atom. The third kappa shape index (κ3) is 5.33. The molecule has 9 rings (SSSR count). The molecule has 0 aliphatic heterocycles. The van der Waals surface area contributed by atoms with Crippen molar-refractivity contribution in [3.63, 3.8) is 0 Å². The molecule has 0 amide bonds. The van der Waals surface area contributed by atoms with Gasteiger partial charge in [-0.25, -0.2) is 0 Å². The summed E-state index contributed by atoms with van der Waals surface area (Å²) < 4.78 is 0. The van der Waals surface area contributed by atoms with Crippen LogP contribution in [0.3, 0.4) is 0 Å². The predicted molar refractivity (Wildman–Crippen MR) is 225 cm³/mol. The molecule has 0 saturated carbocycles. The van der Waals surface area contributed by atoms with Crippen molar-refractivity contribution in [2.45, 2.75) is 45.4 Å². The maximum Gasteiger partial charge on any atom is 0.0991 e. The summed E-state index contributed by atoms with van der Waals surface area (Å²) in [4.78, 5) is 4.57. The molecular formula is C51H40N4. The molecule has 0 atom stereocenters. The fourth-order valence-electron chi connectivity index (χ4n) is 8.94. The summed E-state index contributed by atoms with van der Waals surface area (Å²) in [6.07, 6.45) is 0. The van der Waals surface area contributed by atoms with Gasteiger partial charge in [-0.1, -0.05) is 70.2 Å². The number of aryl methyl sites for hydroxylation is 1. The van der Waals surface area contributed by atoms with Crippen LogP contribution in [-0.4, -0.2) is 0 Å². The fraction of sp³-hybridized carbons (Fsp3) is 0.137. The van der Waals surface area contributed by atoms with E-state index in [1.54, 1.807) is 0 Å². The number of anilines is 6. The van der Waals surface area contributed by atoms with Gasteiger partial charge in [-0.05, 0) is 166 Å². The minimum atomic E-state index is -0.236. The van der Waals surface area contributed by atoms with Gasteiger partial charge in [0, 0.05) is 45.0 Å². The van der Waals surface area contributed by atoms with Gasteiger partial charge in [0.25, 0.3) is 0 Å². The smallest absolute Gasteiger partial charge is 0.0991 e. The van der Waals surface area contributed by atoms with E-state index in [1.807, 2.05) is 60.7 Å². The van der Waals surface area contributed by atoms with Gasteiger partial charge in [0.15, 0.2) is 0 Å². The van der Waals surface area contributed by atoms with Crippen molar-refractivity contribution in [2.75, 3.05) is 9.80 Å². The van der Waals surface area contributed by atoms with Gasteiger partial charge in [0.2, 0.25) is 0 Å². The van der Waals surface area contributed by atoms with Gasteiger partial charge in [-0.2, -0.15) is 10.5 Å². The predicted octanol–water partition coefficient (Wildman–Crippen LogP) is 13.3. The number of rotatable bonds is 6. The first-order valence-electron chi connectivity index (χ1n) is 18.8. The monoisotopic (exact) mass is 708 g/mol. The van der Waals surface area contributed by atoms with E-state index in [2.05, 4.69) is 148 Å². The molecule has 7 aromatic carbocycles. The normalized spacial score (nSPS) is 13.8. The van der Waals surface area contributed by atoms with E-state index in [4.69, 9.17) is 0 Å². The lowest BCUT2D eigenvalue weighted by molar-refractivity contribution is 0.652. The van der Waals surface area contributed by atoms with E-state index in [9.17, 15) is 10.5 Å². The van der Waals surface area contributed by atoms with E-state index in [1.165, 1.54) is 50.1 Å². The molecule has 55 heavy (non-hydrogen) atoms.